The molecule has 0 amide bonds. The van der Waals surface area contributed by atoms with Gasteiger partial charge >= 0.3 is 0 Å². The highest BCUT2D eigenvalue weighted by Crippen LogP contribution is 2.39. The third-order valence-electron chi connectivity index (χ3n) is 11.1. The van der Waals surface area contributed by atoms with Crippen LogP contribution in [0, 0.1) is 22.7 Å². The molecule has 0 bridgehead atoms. The number of aromatic nitrogens is 3. The second-order valence-corrected chi connectivity index (χ2v) is 14.0. The van der Waals surface area contributed by atoms with Crippen LogP contribution in [0.15, 0.2) is 176 Å². The number of fused-ring (bicyclic) bond motifs is 9. The Morgan fingerprint density at radius 2 is 0.818 bits per heavy atom. The Morgan fingerprint density at radius 1 is 0.327 bits per heavy atom. The first-order chi connectivity index (χ1) is 27.2. The molecule has 0 unspecified atom stereocenters. The zero-order valence-corrected chi connectivity index (χ0v) is 29.5. The molecule has 0 radical (unpaired) electrons. The van der Waals surface area contributed by atoms with E-state index in [0.29, 0.717) is 11.1 Å². The number of rotatable bonds is 4. The van der Waals surface area contributed by atoms with E-state index in [0.717, 1.165) is 71.8 Å². The van der Waals surface area contributed by atoms with Gasteiger partial charge in [0.1, 0.15) is 0 Å². The molecule has 55 heavy (non-hydrogen) atoms. The molecule has 8 aromatic carbocycles. The Balaban J connectivity index is 1.06. The highest BCUT2D eigenvalue weighted by molar-refractivity contribution is 6.13. The molecule has 0 N–H and O–H groups in total. The summed E-state index contributed by atoms with van der Waals surface area (Å²) in [6.07, 6.45) is 0. The normalized spacial score (nSPS) is 11.6. The van der Waals surface area contributed by atoms with E-state index in [2.05, 4.69) is 159 Å². The molecule has 0 aliphatic heterocycles. The molecule has 254 valence electrons. The number of hydrogen-bond donors (Lipinski definition) is 0. The van der Waals surface area contributed by atoms with Crippen LogP contribution in [-0.4, -0.2) is 13.7 Å². The number of nitrogens with zero attached hydrogens (tertiary/aromatic N) is 5. The summed E-state index contributed by atoms with van der Waals surface area (Å²) in [5, 5.41) is 27.4. The van der Waals surface area contributed by atoms with Crippen molar-refractivity contribution in [1.82, 2.24) is 13.7 Å². The van der Waals surface area contributed by atoms with Crippen molar-refractivity contribution < 1.29 is 0 Å². The SMILES string of the molecule is N#Cc1ccc2c3ccccc3n(-c3cccc(-c4ccc(-n5c6ccccc6c6cc(-n7c8ccccc8c8ccccc87)ccc65)cc4C#N)c3)c2c1. The van der Waals surface area contributed by atoms with Crippen molar-refractivity contribution in [3.63, 3.8) is 0 Å². The van der Waals surface area contributed by atoms with E-state index in [-0.39, 0.29) is 0 Å². The summed E-state index contributed by atoms with van der Waals surface area (Å²) < 4.78 is 6.84. The minimum atomic E-state index is 0.594. The molecule has 0 saturated carbocycles. The maximum Gasteiger partial charge on any atom is 0.0998 e. The zero-order chi connectivity index (χ0) is 36.6. The van der Waals surface area contributed by atoms with Crippen LogP contribution in [0.25, 0.3) is 93.6 Å². The Bertz CT molecular complexity index is 3420. The number of para-hydroxylation sites is 4. The van der Waals surface area contributed by atoms with Gasteiger partial charge in [0.25, 0.3) is 0 Å². The zero-order valence-electron chi connectivity index (χ0n) is 29.5. The molecule has 0 spiro atoms. The average Bonchev–Trinajstić information content (AvgIpc) is 3.88. The lowest BCUT2D eigenvalue weighted by Gasteiger charge is -2.14. The first-order valence-electron chi connectivity index (χ1n) is 18.3. The maximum absolute atomic E-state index is 10.6. The topological polar surface area (TPSA) is 62.4 Å². The van der Waals surface area contributed by atoms with Crippen LogP contribution < -0.4 is 0 Å². The summed E-state index contributed by atoms with van der Waals surface area (Å²) in [5.41, 5.74) is 12.6. The highest BCUT2D eigenvalue weighted by Gasteiger charge is 2.18. The molecule has 0 saturated heterocycles. The van der Waals surface area contributed by atoms with Gasteiger partial charge in [0, 0.05) is 49.4 Å². The summed E-state index contributed by atoms with van der Waals surface area (Å²) >= 11 is 0. The van der Waals surface area contributed by atoms with Gasteiger partial charge < -0.3 is 13.7 Å². The van der Waals surface area contributed by atoms with E-state index in [1.807, 2.05) is 42.5 Å². The van der Waals surface area contributed by atoms with Gasteiger partial charge in [-0.05, 0) is 90.0 Å². The predicted octanol–water partition coefficient (Wildman–Crippen LogP) is 12.4. The van der Waals surface area contributed by atoms with Crippen LogP contribution in [0.1, 0.15) is 11.1 Å². The van der Waals surface area contributed by atoms with Crippen LogP contribution in [-0.2, 0) is 0 Å². The molecular weight excluding hydrogens is 671 g/mol. The molecule has 0 atom stereocenters. The second-order valence-electron chi connectivity index (χ2n) is 14.0. The molecule has 3 aromatic heterocycles. The van der Waals surface area contributed by atoms with E-state index in [9.17, 15) is 10.5 Å². The van der Waals surface area contributed by atoms with Crippen LogP contribution in [0.4, 0.5) is 0 Å². The summed E-state index contributed by atoms with van der Waals surface area (Å²) in [4.78, 5) is 0. The van der Waals surface area contributed by atoms with Crippen molar-refractivity contribution in [2.75, 3.05) is 0 Å². The highest BCUT2D eigenvalue weighted by atomic mass is 15.0. The first kappa shape index (κ1) is 30.7. The standard InChI is InChI=1S/C50H29N5/c51-30-32-20-23-43-41-14-3-7-18-47(41)55(50(43)26-32)35-11-9-10-33(27-35)38-24-21-36(28-34(38)31-52)53-48-19-8-4-15-42(48)44-29-37(22-25-49(44)53)54-45-16-5-1-12-39(45)40-13-2-6-17-46(40)54/h1-29H. The lowest BCUT2D eigenvalue weighted by molar-refractivity contribution is 1.16. The molecule has 5 nitrogen and oxygen atoms in total. The van der Waals surface area contributed by atoms with E-state index in [1.165, 1.54) is 21.8 Å². The van der Waals surface area contributed by atoms with Gasteiger partial charge in [-0.15, -0.1) is 0 Å². The third-order valence-corrected chi connectivity index (χ3v) is 11.1. The molecule has 3 heterocycles. The summed E-state index contributed by atoms with van der Waals surface area (Å²) in [7, 11) is 0. The Morgan fingerprint density at radius 3 is 1.42 bits per heavy atom. The molecule has 5 heteroatoms. The van der Waals surface area contributed by atoms with Crippen LogP contribution in [0.5, 0.6) is 0 Å². The van der Waals surface area contributed by atoms with Crippen molar-refractivity contribution in [3.05, 3.63) is 187 Å². The van der Waals surface area contributed by atoms with Gasteiger partial charge in [-0.25, -0.2) is 0 Å². The average molecular weight is 700 g/mol. The minimum absolute atomic E-state index is 0.594. The largest absolute Gasteiger partial charge is 0.309 e. The smallest absolute Gasteiger partial charge is 0.0998 e. The Labute approximate surface area is 316 Å². The summed E-state index contributed by atoms with van der Waals surface area (Å²) in [6.45, 7) is 0. The fraction of sp³-hybridized carbons (Fsp3) is 0. The van der Waals surface area contributed by atoms with E-state index in [1.54, 1.807) is 0 Å². The van der Waals surface area contributed by atoms with Gasteiger partial charge in [-0.1, -0.05) is 97.1 Å². The van der Waals surface area contributed by atoms with E-state index >= 15 is 0 Å². The van der Waals surface area contributed by atoms with Gasteiger partial charge in [0.15, 0.2) is 0 Å². The molecule has 0 aliphatic rings. The van der Waals surface area contributed by atoms with Crippen molar-refractivity contribution in [3.8, 4) is 40.3 Å². The number of hydrogen-bond acceptors (Lipinski definition) is 2. The van der Waals surface area contributed by atoms with Crippen LogP contribution >= 0.6 is 0 Å². The van der Waals surface area contributed by atoms with Gasteiger partial charge in [0.2, 0.25) is 0 Å². The van der Waals surface area contributed by atoms with Crippen molar-refractivity contribution in [2.24, 2.45) is 0 Å². The summed E-state index contributed by atoms with van der Waals surface area (Å²) in [5.74, 6) is 0. The first-order valence-corrected chi connectivity index (χ1v) is 18.3. The molecule has 11 aromatic rings. The second kappa shape index (κ2) is 11.8. The number of benzene rings is 8. The fourth-order valence-electron chi connectivity index (χ4n) is 8.73. The van der Waals surface area contributed by atoms with Crippen molar-refractivity contribution in [1.29, 1.82) is 10.5 Å². The predicted molar refractivity (Wildman–Crippen MR) is 224 cm³/mol. The lowest BCUT2D eigenvalue weighted by atomic mass is 9.99. The third kappa shape index (κ3) is 4.51. The molecular formula is C50H29N5. The minimum Gasteiger partial charge on any atom is -0.309 e. The van der Waals surface area contributed by atoms with Gasteiger partial charge in [0.05, 0.1) is 56.4 Å². The Hall–Kier alpha value is -7.86. The Kier molecular flexibility index (Phi) is 6.61. The summed E-state index contributed by atoms with van der Waals surface area (Å²) in [6, 6.07) is 65.9. The van der Waals surface area contributed by atoms with Crippen molar-refractivity contribution >= 4 is 65.4 Å². The van der Waals surface area contributed by atoms with Crippen LogP contribution in [0.2, 0.25) is 0 Å². The van der Waals surface area contributed by atoms with E-state index in [4.69, 9.17) is 0 Å². The van der Waals surface area contributed by atoms with Crippen LogP contribution in [0.3, 0.4) is 0 Å². The molecule has 11 rings (SSSR count). The fourth-order valence-corrected chi connectivity index (χ4v) is 8.73. The monoisotopic (exact) mass is 699 g/mol. The lowest BCUT2D eigenvalue weighted by Crippen LogP contribution is -1.98. The maximum atomic E-state index is 10.6. The molecule has 0 aliphatic carbocycles. The number of nitriles is 2. The van der Waals surface area contributed by atoms with Crippen molar-refractivity contribution in [2.45, 2.75) is 0 Å². The van der Waals surface area contributed by atoms with E-state index < -0.39 is 0 Å². The molecule has 0 fully saturated rings. The quantitative estimate of drug-likeness (QED) is 0.184. The van der Waals surface area contributed by atoms with Gasteiger partial charge in [-0.3, -0.25) is 0 Å². The van der Waals surface area contributed by atoms with Gasteiger partial charge in [-0.2, -0.15) is 10.5 Å².